The number of fused-ring (bicyclic) bond motifs is 1. The van der Waals surface area contributed by atoms with Gasteiger partial charge in [-0.3, -0.25) is 4.98 Å². The van der Waals surface area contributed by atoms with Crippen molar-refractivity contribution in [2.24, 2.45) is 0 Å². The lowest BCUT2D eigenvalue weighted by molar-refractivity contribution is -0.142. The third-order valence-electron chi connectivity index (χ3n) is 3.92. The minimum Gasteiger partial charge on any atom is -0.489 e. The Morgan fingerprint density at radius 1 is 1.24 bits per heavy atom. The molecule has 2 heterocycles. The standard InChI is InChI=1S/C19H14F5NO4/c1-2-27-18(26)14-12-8-11(5-6-13(12)29-15(14)17(20)21)28-9-10-4-3-7-25-16(10)19(22,23)24/h3-8,17H,2,9H2,1H3. The average Bonchev–Trinajstić information content (AvgIpc) is 3.05. The molecule has 0 unspecified atom stereocenters. The second kappa shape index (κ2) is 8.06. The van der Waals surface area contributed by atoms with E-state index in [1.54, 1.807) is 0 Å². The maximum Gasteiger partial charge on any atom is 0.433 e. The Hall–Kier alpha value is -3.17. The second-order valence-electron chi connectivity index (χ2n) is 5.82. The van der Waals surface area contributed by atoms with Gasteiger partial charge in [-0.15, -0.1) is 0 Å². The molecule has 0 bridgehead atoms. The highest BCUT2D eigenvalue weighted by Crippen LogP contribution is 2.36. The molecule has 0 saturated heterocycles. The molecule has 0 atom stereocenters. The van der Waals surface area contributed by atoms with Crippen molar-refractivity contribution in [1.29, 1.82) is 0 Å². The van der Waals surface area contributed by atoms with E-state index in [-0.39, 0.29) is 28.9 Å². The second-order valence-corrected chi connectivity index (χ2v) is 5.82. The summed E-state index contributed by atoms with van der Waals surface area (Å²) < 4.78 is 80.8. The minimum absolute atomic E-state index is 0.00642. The van der Waals surface area contributed by atoms with Gasteiger partial charge in [-0.25, -0.2) is 13.6 Å². The fourth-order valence-electron chi connectivity index (χ4n) is 2.72. The van der Waals surface area contributed by atoms with E-state index in [0.29, 0.717) is 0 Å². The maximum absolute atomic E-state index is 13.2. The van der Waals surface area contributed by atoms with Crippen LogP contribution < -0.4 is 4.74 Å². The van der Waals surface area contributed by atoms with Crippen LogP contribution in [0.2, 0.25) is 0 Å². The lowest BCUT2D eigenvalue weighted by Crippen LogP contribution is -2.13. The molecule has 0 aliphatic heterocycles. The molecule has 0 aliphatic carbocycles. The number of pyridine rings is 1. The third-order valence-corrected chi connectivity index (χ3v) is 3.92. The number of hydrogen-bond donors (Lipinski definition) is 0. The Kier molecular flexibility index (Phi) is 5.71. The van der Waals surface area contributed by atoms with Crippen LogP contribution in [0.4, 0.5) is 22.0 Å². The van der Waals surface area contributed by atoms with Gasteiger partial charge in [0, 0.05) is 17.1 Å². The van der Waals surface area contributed by atoms with Crippen molar-refractivity contribution in [3.63, 3.8) is 0 Å². The van der Waals surface area contributed by atoms with Crippen molar-refractivity contribution in [3.05, 3.63) is 59.1 Å². The van der Waals surface area contributed by atoms with Gasteiger partial charge in [-0.1, -0.05) is 6.07 Å². The Morgan fingerprint density at radius 3 is 2.66 bits per heavy atom. The number of furan rings is 1. The number of rotatable bonds is 6. The van der Waals surface area contributed by atoms with Crippen molar-refractivity contribution >= 4 is 16.9 Å². The summed E-state index contributed by atoms with van der Waals surface area (Å²) in [5.41, 5.74) is -1.74. The minimum atomic E-state index is -4.66. The van der Waals surface area contributed by atoms with E-state index in [4.69, 9.17) is 13.9 Å². The average molecular weight is 415 g/mol. The van der Waals surface area contributed by atoms with Gasteiger partial charge in [0.05, 0.1) is 6.61 Å². The van der Waals surface area contributed by atoms with E-state index < -0.39 is 42.2 Å². The van der Waals surface area contributed by atoms with Crippen LogP contribution in [-0.2, 0) is 17.5 Å². The molecule has 10 heteroatoms. The van der Waals surface area contributed by atoms with Gasteiger partial charge in [-0.2, -0.15) is 13.2 Å². The highest BCUT2D eigenvalue weighted by molar-refractivity contribution is 6.05. The number of carbonyl (C=O) groups is 1. The third kappa shape index (κ3) is 4.30. The molecule has 3 rings (SSSR count). The van der Waals surface area contributed by atoms with Crippen LogP contribution in [0.15, 0.2) is 40.9 Å². The summed E-state index contributed by atoms with van der Waals surface area (Å²) in [7, 11) is 0. The summed E-state index contributed by atoms with van der Waals surface area (Å²) in [6, 6.07) is 6.40. The van der Waals surface area contributed by atoms with Gasteiger partial charge in [0.2, 0.25) is 0 Å². The molecule has 0 N–H and O–H groups in total. The van der Waals surface area contributed by atoms with Crippen LogP contribution in [-0.4, -0.2) is 17.6 Å². The number of ether oxygens (including phenoxy) is 2. The monoisotopic (exact) mass is 415 g/mol. The number of alkyl halides is 5. The maximum atomic E-state index is 13.2. The fourth-order valence-corrected chi connectivity index (χ4v) is 2.72. The van der Waals surface area contributed by atoms with Crippen molar-refractivity contribution in [2.45, 2.75) is 26.1 Å². The van der Waals surface area contributed by atoms with Gasteiger partial charge in [0.25, 0.3) is 6.43 Å². The molecular weight excluding hydrogens is 401 g/mol. The predicted octanol–water partition coefficient (Wildman–Crippen LogP) is 5.54. The van der Waals surface area contributed by atoms with E-state index in [0.717, 1.165) is 6.20 Å². The van der Waals surface area contributed by atoms with Crippen LogP contribution in [0.3, 0.4) is 0 Å². The van der Waals surface area contributed by atoms with Crippen molar-refractivity contribution in [1.82, 2.24) is 4.98 Å². The quantitative estimate of drug-likeness (QED) is 0.391. The molecule has 2 aromatic heterocycles. The number of benzene rings is 1. The van der Waals surface area contributed by atoms with E-state index in [2.05, 4.69) is 4.98 Å². The molecule has 1 aromatic carbocycles. The first-order chi connectivity index (χ1) is 13.7. The topological polar surface area (TPSA) is 61.6 Å². The van der Waals surface area contributed by atoms with Gasteiger partial charge < -0.3 is 13.9 Å². The molecule has 0 amide bonds. The molecule has 0 fully saturated rings. The molecular formula is C19H14F5NO4. The van der Waals surface area contributed by atoms with Gasteiger partial charge in [0.1, 0.15) is 23.5 Å². The number of hydrogen-bond acceptors (Lipinski definition) is 5. The van der Waals surface area contributed by atoms with Crippen molar-refractivity contribution in [2.75, 3.05) is 6.61 Å². The SMILES string of the molecule is CCOC(=O)c1c(C(F)F)oc2ccc(OCc3cccnc3C(F)(F)F)cc12. The number of esters is 1. The van der Waals surface area contributed by atoms with E-state index in [9.17, 15) is 26.7 Å². The Bertz CT molecular complexity index is 1030. The summed E-state index contributed by atoms with van der Waals surface area (Å²) in [4.78, 5) is 15.4. The fraction of sp³-hybridized carbons (Fsp3) is 0.263. The summed E-state index contributed by atoms with van der Waals surface area (Å²) in [6.45, 7) is 1.01. The van der Waals surface area contributed by atoms with Crippen LogP contribution in [0, 0.1) is 0 Å². The Morgan fingerprint density at radius 2 is 2.00 bits per heavy atom. The zero-order chi connectivity index (χ0) is 21.2. The summed E-state index contributed by atoms with van der Waals surface area (Å²) in [6.07, 6.45) is -6.70. The first-order valence-corrected chi connectivity index (χ1v) is 8.38. The normalized spacial score (nSPS) is 11.8. The lowest BCUT2D eigenvalue weighted by Gasteiger charge is -2.12. The summed E-state index contributed by atoms with van der Waals surface area (Å²) in [5.74, 6) is -1.78. The largest absolute Gasteiger partial charge is 0.489 e. The van der Waals surface area contributed by atoms with Crippen LogP contribution in [0.1, 0.15) is 40.7 Å². The number of carbonyl (C=O) groups excluding carboxylic acids is 1. The van der Waals surface area contributed by atoms with E-state index >= 15 is 0 Å². The molecule has 29 heavy (non-hydrogen) atoms. The number of aromatic nitrogens is 1. The van der Waals surface area contributed by atoms with Gasteiger partial charge >= 0.3 is 12.1 Å². The lowest BCUT2D eigenvalue weighted by atomic mass is 10.1. The number of halogens is 5. The molecule has 0 radical (unpaired) electrons. The first-order valence-electron chi connectivity index (χ1n) is 8.38. The van der Waals surface area contributed by atoms with Gasteiger partial charge in [-0.05, 0) is 31.2 Å². The summed E-state index contributed by atoms with van der Waals surface area (Å²) in [5, 5.41) is 0.0125. The predicted molar refractivity (Wildman–Crippen MR) is 90.7 cm³/mol. The first kappa shape index (κ1) is 20.6. The van der Waals surface area contributed by atoms with E-state index in [1.807, 2.05) is 0 Å². The number of nitrogens with zero attached hydrogens (tertiary/aromatic N) is 1. The van der Waals surface area contributed by atoms with Crippen molar-refractivity contribution in [3.8, 4) is 5.75 Å². The molecule has 0 spiro atoms. The Labute approximate surface area is 161 Å². The zero-order valence-corrected chi connectivity index (χ0v) is 14.9. The molecule has 0 aliphatic rings. The zero-order valence-electron chi connectivity index (χ0n) is 14.9. The van der Waals surface area contributed by atoms with Crippen molar-refractivity contribution < 1.29 is 40.6 Å². The molecule has 3 aromatic rings. The molecule has 0 saturated carbocycles. The van der Waals surface area contributed by atoms with Crippen LogP contribution >= 0.6 is 0 Å². The molecule has 154 valence electrons. The van der Waals surface area contributed by atoms with E-state index in [1.165, 1.54) is 37.3 Å². The van der Waals surface area contributed by atoms with Crippen LogP contribution in [0.5, 0.6) is 5.75 Å². The summed E-state index contributed by atoms with van der Waals surface area (Å²) >= 11 is 0. The smallest absolute Gasteiger partial charge is 0.433 e. The van der Waals surface area contributed by atoms with Crippen LogP contribution in [0.25, 0.3) is 11.0 Å². The Balaban J connectivity index is 1.94. The molecule has 5 nitrogen and oxygen atoms in total. The highest BCUT2D eigenvalue weighted by atomic mass is 19.4. The highest BCUT2D eigenvalue weighted by Gasteiger charge is 2.35. The van der Waals surface area contributed by atoms with Gasteiger partial charge in [0.15, 0.2) is 11.5 Å².